The van der Waals surface area contributed by atoms with Crippen LogP contribution < -0.4 is 4.74 Å². The molecule has 0 spiro atoms. The lowest BCUT2D eigenvalue weighted by atomic mass is 9.82. The maximum absolute atomic E-state index is 13.6. The van der Waals surface area contributed by atoms with Crippen LogP contribution in [0.25, 0.3) is 22.3 Å². The fraction of sp³-hybridized carbons (Fsp3) is 0.364. The standard InChI is InChI=1S/C33H39NO6/c1-20(2)34(21(3)4)32(37)40-29-27(22-10-14-24(15-11-22)30(35)38-8)18-26(33(5,6)7)19-28(29)23-12-16-25(17-13-23)31(36)39-9/h10-21H,1-9H3. The van der Waals surface area contributed by atoms with Gasteiger partial charge in [-0.3, -0.25) is 0 Å². The molecule has 0 radical (unpaired) electrons. The van der Waals surface area contributed by atoms with E-state index in [0.717, 1.165) is 16.7 Å². The molecule has 0 aliphatic heterocycles. The van der Waals surface area contributed by atoms with Crippen LogP contribution in [0, 0.1) is 0 Å². The molecule has 3 aromatic rings. The van der Waals surface area contributed by atoms with Crippen LogP contribution in [0.1, 0.15) is 74.7 Å². The van der Waals surface area contributed by atoms with Crippen LogP contribution in [-0.4, -0.2) is 49.2 Å². The van der Waals surface area contributed by atoms with E-state index in [1.54, 1.807) is 29.2 Å². The first-order chi connectivity index (χ1) is 18.8. The topological polar surface area (TPSA) is 82.1 Å². The van der Waals surface area contributed by atoms with Crippen LogP contribution in [0.15, 0.2) is 60.7 Å². The van der Waals surface area contributed by atoms with Gasteiger partial charge in [-0.1, -0.05) is 45.0 Å². The van der Waals surface area contributed by atoms with Gasteiger partial charge in [0.2, 0.25) is 0 Å². The first kappa shape index (κ1) is 30.4. The van der Waals surface area contributed by atoms with Gasteiger partial charge < -0.3 is 19.1 Å². The highest BCUT2D eigenvalue weighted by molar-refractivity contribution is 5.93. The maximum atomic E-state index is 13.6. The molecule has 0 fully saturated rings. The molecule has 7 heteroatoms. The Kier molecular flexibility index (Phi) is 9.40. The van der Waals surface area contributed by atoms with Crippen LogP contribution in [0.5, 0.6) is 5.75 Å². The number of esters is 2. The van der Waals surface area contributed by atoms with E-state index in [4.69, 9.17) is 14.2 Å². The van der Waals surface area contributed by atoms with Crippen molar-refractivity contribution in [1.29, 1.82) is 0 Å². The number of benzene rings is 3. The molecule has 3 aromatic carbocycles. The van der Waals surface area contributed by atoms with Crippen molar-refractivity contribution in [3.63, 3.8) is 0 Å². The number of nitrogens with zero attached hydrogens (tertiary/aromatic N) is 1. The number of amides is 1. The average Bonchev–Trinajstić information content (AvgIpc) is 2.91. The molecule has 0 aliphatic rings. The minimum atomic E-state index is -0.464. The summed E-state index contributed by atoms with van der Waals surface area (Å²) in [4.78, 5) is 39.4. The van der Waals surface area contributed by atoms with Crippen molar-refractivity contribution in [3.8, 4) is 28.0 Å². The van der Waals surface area contributed by atoms with Crippen molar-refractivity contribution in [2.24, 2.45) is 0 Å². The zero-order valence-corrected chi connectivity index (χ0v) is 24.8. The molecule has 0 bridgehead atoms. The fourth-order valence-electron chi connectivity index (χ4n) is 4.57. The van der Waals surface area contributed by atoms with Crippen molar-refractivity contribution in [1.82, 2.24) is 4.90 Å². The molecule has 0 N–H and O–H groups in total. The second-order valence-corrected chi connectivity index (χ2v) is 11.3. The summed E-state index contributed by atoms with van der Waals surface area (Å²) in [5.74, 6) is -0.476. The first-order valence-corrected chi connectivity index (χ1v) is 13.3. The Balaban J connectivity index is 2.31. The highest BCUT2D eigenvalue weighted by Crippen LogP contribution is 2.43. The third-order valence-corrected chi connectivity index (χ3v) is 6.70. The lowest BCUT2D eigenvalue weighted by Gasteiger charge is -2.31. The number of hydrogen-bond donors (Lipinski definition) is 0. The molecule has 40 heavy (non-hydrogen) atoms. The first-order valence-electron chi connectivity index (χ1n) is 13.3. The molecule has 7 nitrogen and oxygen atoms in total. The third kappa shape index (κ3) is 6.71. The van der Waals surface area contributed by atoms with Crippen LogP contribution in [0.2, 0.25) is 0 Å². The molecule has 3 rings (SSSR count). The summed E-state index contributed by atoms with van der Waals surface area (Å²) < 4.78 is 16.0. The van der Waals surface area contributed by atoms with Gasteiger partial charge in [0.1, 0.15) is 5.75 Å². The summed E-state index contributed by atoms with van der Waals surface area (Å²) in [5.41, 5.74) is 4.59. The predicted molar refractivity (Wildman–Crippen MR) is 157 cm³/mol. The van der Waals surface area contributed by atoms with E-state index in [-0.39, 0.29) is 17.5 Å². The highest BCUT2D eigenvalue weighted by atomic mass is 16.6. The van der Waals surface area contributed by atoms with Crippen molar-refractivity contribution in [2.45, 2.75) is 66.0 Å². The number of ether oxygens (including phenoxy) is 3. The lowest BCUT2D eigenvalue weighted by molar-refractivity contribution is 0.0592. The fourth-order valence-corrected chi connectivity index (χ4v) is 4.57. The zero-order valence-electron chi connectivity index (χ0n) is 24.8. The Morgan fingerprint density at radius 1 is 0.675 bits per heavy atom. The number of carbonyl (C=O) groups is 3. The Hall–Kier alpha value is -4.13. The van der Waals surface area contributed by atoms with E-state index in [1.807, 2.05) is 64.1 Å². The van der Waals surface area contributed by atoms with Crippen molar-refractivity contribution in [2.75, 3.05) is 14.2 Å². The van der Waals surface area contributed by atoms with Crippen molar-refractivity contribution in [3.05, 3.63) is 77.4 Å². The third-order valence-electron chi connectivity index (χ3n) is 6.70. The number of carbonyl (C=O) groups excluding carboxylic acids is 3. The largest absolute Gasteiger partial charge is 0.465 e. The van der Waals surface area contributed by atoms with Gasteiger partial charge in [0, 0.05) is 23.2 Å². The molecular weight excluding hydrogens is 506 g/mol. The Labute approximate surface area is 237 Å². The number of hydrogen-bond acceptors (Lipinski definition) is 6. The van der Waals surface area contributed by atoms with Crippen LogP contribution in [0.4, 0.5) is 4.79 Å². The van der Waals surface area contributed by atoms with Gasteiger partial charge >= 0.3 is 18.0 Å². The summed E-state index contributed by atoms with van der Waals surface area (Å²) >= 11 is 0. The molecule has 1 amide bonds. The van der Waals surface area contributed by atoms with Gasteiger partial charge in [-0.15, -0.1) is 0 Å². The number of methoxy groups -OCH3 is 2. The van der Waals surface area contributed by atoms with Gasteiger partial charge in [0.05, 0.1) is 25.3 Å². The summed E-state index contributed by atoms with van der Waals surface area (Å²) in [7, 11) is 2.68. The second-order valence-electron chi connectivity index (χ2n) is 11.3. The van der Waals surface area contributed by atoms with Gasteiger partial charge in [-0.05, 0) is 86.2 Å². The number of rotatable bonds is 7. The van der Waals surface area contributed by atoms with E-state index in [9.17, 15) is 14.4 Å². The molecular formula is C33H39NO6. The predicted octanol–water partition coefficient (Wildman–Crippen LogP) is 7.51. The highest BCUT2D eigenvalue weighted by Gasteiger charge is 2.27. The lowest BCUT2D eigenvalue weighted by Crippen LogP contribution is -2.43. The Bertz CT molecular complexity index is 1280. The molecule has 0 aliphatic carbocycles. The molecule has 0 saturated carbocycles. The average molecular weight is 546 g/mol. The second kappa shape index (κ2) is 12.4. The van der Waals surface area contributed by atoms with Crippen LogP contribution in [0.3, 0.4) is 0 Å². The van der Waals surface area contributed by atoms with Gasteiger partial charge in [0.25, 0.3) is 0 Å². The molecule has 0 atom stereocenters. The monoisotopic (exact) mass is 545 g/mol. The van der Waals surface area contributed by atoms with E-state index in [2.05, 4.69) is 20.8 Å². The minimum Gasteiger partial charge on any atom is -0.465 e. The molecule has 0 aromatic heterocycles. The molecule has 0 saturated heterocycles. The molecule has 212 valence electrons. The van der Waals surface area contributed by atoms with Crippen LogP contribution in [-0.2, 0) is 14.9 Å². The van der Waals surface area contributed by atoms with Gasteiger partial charge in [-0.25, -0.2) is 14.4 Å². The Morgan fingerprint density at radius 2 is 1.05 bits per heavy atom. The van der Waals surface area contributed by atoms with E-state index in [0.29, 0.717) is 28.0 Å². The smallest absolute Gasteiger partial charge is 0.415 e. The molecule has 0 unspecified atom stereocenters. The van der Waals surface area contributed by atoms with Gasteiger partial charge in [0.15, 0.2) is 0 Å². The van der Waals surface area contributed by atoms with Gasteiger partial charge in [-0.2, -0.15) is 0 Å². The quantitative estimate of drug-likeness (QED) is 0.286. The van der Waals surface area contributed by atoms with E-state index >= 15 is 0 Å². The van der Waals surface area contributed by atoms with Crippen LogP contribution >= 0.6 is 0 Å². The van der Waals surface area contributed by atoms with E-state index in [1.165, 1.54) is 14.2 Å². The van der Waals surface area contributed by atoms with Crippen molar-refractivity contribution >= 4 is 18.0 Å². The SMILES string of the molecule is COC(=O)c1ccc(-c2cc(C(C)(C)C)cc(-c3ccc(C(=O)OC)cc3)c2OC(=O)N(C(C)C)C(C)C)cc1. The van der Waals surface area contributed by atoms with E-state index < -0.39 is 18.0 Å². The molecule has 0 heterocycles. The normalized spacial score (nSPS) is 11.4. The van der Waals surface area contributed by atoms with Crippen molar-refractivity contribution < 1.29 is 28.6 Å². The summed E-state index contributed by atoms with van der Waals surface area (Å²) in [6, 6.07) is 17.9. The summed E-state index contributed by atoms with van der Waals surface area (Å²) in [6.45, 7) is 14.1. The maximum Gasteiger partial charge on any atom is 0.415 e. The zero-order chi connectivity index (χ0) is 29.8. The summed E-state index contributed by atoms with van der Waals surface area (Å²) in [6.07, 6.45) is -0.464. The Morgan fingerprint density at radius 3 is 1.35 bits per heavy atom. The summed E-state index contributed by atoms with van der Waals surface area (Å²) in [5, 5.41) is 0. The minimum absolute atomic E-state index is 0.0769.